The summed E-state index contributed by atoms with van der Waals surface area (Å²) in [4.78, 5) is 0. The molecule has 4 aliphatic carbocycles. The van der Waals surface area contributed by atoms with Crippen molar-refractivity contribution >= 4 is 0 Å². The summed E-state index contributed by atoms with van der Waals surface area (Å²) >= 11 is 0. The van der Waals surface area contributed by atoms with Crippen LogP contribution < -0.4 is 0 Å². The van der Waals surface area contributed by atoms with Gasteiger partial charge in [-0.25, -0.2) is 0 Å². The molecule has 0 radical (unpaired) electrons. The minimum absolute atomic E-state index is 0.663. The molecule has 0 spiro atoms. The highest BCUT2D eigenvalue weighted by Crippen LogP contribution is 2.68. The summed E-state index contributed by atoms with van der Waals surface area (Å²) in [5.74, 6) is 8.97. The smallest absolute Gasteiger partial charge is 0.0264 e. The van der Waals surface area contributed by atoms with Crippen molar-refractivity contribution in [3.63, 3.8) is 0 Å². The lowest BCUT2D eigenvalue weighted by atomic mass is 9.44. The molecule has 6 unspecified atom stereocenters. The van der Waals surface area contributed by atoms with Crippen LogP contribution in [0.3, 0.4) is 0 Å². The molecule has 4 rings (SSSR count). The van der Waals surface area contributed by atoms with Crippen LogP contribution in [-0.4, -0.2) is 0 Å². The first-order valence-corrected chi connectivity index (χ1v) is 14.6. The van der Waals surface area contributed by atoms with Crippen LogP contribution in [0, 0.1) is 64.1 Å². The minimum atomic E-state index is 0.663. The third-order valence-electron chi connectivity index (χ3n) is 11.8. The highest BCUT2D eigenvalue weighted by atomic mass is 14.6. The van der Waals surface area contributed by atoms with Gasteiger partial charge in [-0.2, -0.15) is 0 Å². The van der Waals surface area contributed by atoms with Crippen molar-refractivity contribution in [3.8, 4) is 0 Å². The maximum absolute atomic E-state index is 2.77. The van der Waals surface area contributed by atoms with Crippen molar-refractivity contribution in [1.82, 2.24) is 0 Å². The number of fused-ring (bicyclic) bond motifs is 5. The predicted octanol–water partition coefficient (Wildman–Crippen LogP) is 9.77. The van der Waals surface area contributed by atoms with Gasteiger partial charge >= 0.3 is 0 Å². The summed E-state index contributed by atoms with van der Waals surface area (Å²) in [7, 11) is 0. The highest BCUT2D eigenvalue weighted by Gasteiger charge is 2.60. The van der Waals surface area contributed by atoms with Crippen molar-refractivity contribution in [2.45, 2.75) is 132 Å². The Labute approximate surface area is 196 Å². The first-order chi connectivity index (χ1) is 14.6. The molecule has 31 heavy (non-hydrogen) atoms. The van der Waals surface area contributed by atoms with E-state index in [4.69, 9.17) is 0 Å². The van der Waals surface area contributed by atoms with Crippen LogP contribution >= 0.6 is 0 Å². The molecule has 9 atom stereocenters. The Hall–Kier alpha value is 0. The quantitative estimate of drug-likeness (QED) is 0.378. The highest BCUT2D eigenvalue weighted by molar-refractivity contribution is 5.09. The van der Waals surface area contributed by atoms with Gasteiger partial charge in [-0.05, 0) is 128 Å². The summed E-state index contributed by atoms with van der Waals surface area (Å²) in [6.45, 7) is 17.8. The average Bonchev–Trinajstić information content (AvgIpc) is 3.05. The van der Waals surface area contributed by atoms with Crippen LogP contribution in [-0.2, 0) is 0 Å². The molecule has 0 aromatic rings. The van der Waals surface area contributed by atoms with Crippen molar-refractivity contribution < 1.29 is 0 Å². The molecule has 0 aromatic heterocycles. The van der Waals surface area contributed by atoms with E-state index in [1.165, 1.54) is 32.1 Å². The summed E-state index contributed by atoms with van der Waals surface area (Å²) in [6, 6.07) is 0. The maximum Gasteiger partial charge on any atom is -0.0264 e. The second-order valence-electron chi connectivity index (χ2n) is 14.5. The molecule has 0 aliphatic heterocycles. The fraction of sp³-hybridized carbons (Fsp3) is 1.00. The van der Waals surface area contributed by atoms with E-state index < -0.39 is 0 Å². The van der Waals surface area contributed by atoms with E-state index >= 15 is 0 Å². The lowest BCUT2D eigenvalue weighted by Gasteiger charge is -2.61. The fourth-order valence-corrected chi connectivity index (χ4v) is 10.3. The maximum atomic E-state index is 2.77. The summed E-state index contributed by atoms with van der Waals surface area (Å²) in [5, 5.41) is 0. The van der Waals surface area contributed by atoms with Gasteiger partial charge in [-0.3, -0.25) is 0 Å². The van der Waals surface area contributed by atoms with Crippen molar-refractivity contribution in [1.29, 1.82) is 0 Å². The van der Waals surface area contributed by atoms with Gasteiger partial charge in [-0.15, -0.1) is 0 Å². The molecular weight excluding hydrogens is 372 g/mol. The summed E-state index contributed by atoms with van der Waals surface area (Å²) in [5.41, 5.74) is 1.34. The summed E-state index contributed by atoms with van der Waals surface area (Å²) < 4.78 is 0. The number of hydrogen-bond acceptors (Lipinski definition) is 0. The van der Waals surface area contributed by atoms with Gasteiger partial charge in [0.25, 0.3) is 0 Å². The first-order valence-electron chi connectivity index (χ1n) is 14.6. The van der Waals surface area contributed by atoms with Gasteiger partial charge in [0.05, 0.1) is 0 Å². The van der Waals surface area contributed by atoms with Crippen LogP contribution in [0.2, 0.25) is 0 Å². The molecule has 0 nitrogen and oxygen atoms in total. The zero-order valence-electron chi connectivity index (χ0n) is 22.4. The normalized spacial score (nSPS) is 46.0. The third kappa shape index (κ3) is 4.54. The predicted molar refractivity (Wildman–Crippen MR) is 136 cm³/mol. The van der Waals surface area contributed by atoms with Crippen LogP contribution in [0.25, 0.3) is 0 Å². The van der Waals surface area contributed by atoms with Gasteiger partial charge < -0.3 is 0 Å². The average molecular weight is 429 g/mol. The molecule has 0 aromatic carbocycles. The van der Waals surface area contributed by atoms with Gasteiger partial charge in [0.1, 0.15) is 0 Å². The Balaban J connectivity index is 1.43. The van der Waals surface area contributed by atoms with Crippen molar-refractivity contribution in [3.05, 3.63) is 0 Å². The Bertz CT molecular complexity index is 589. The van der Waals surface area contributed by atoms with E-state index in [1.54, 1.807) is 51.4 Å². The lowest BCUT2D eigenvalue weighted by molar-refractivity contribution is -0.122. The van der Waals surface area contributed by atoms with E-state index in [1.807, 2.05) is 0 Å². The lowest BCUT2D eigenvalue weighted by Crippen LogP contribution is -2.53. The topological polar surface area (TPSA) is 0 Å². The van der Waals surface area contributed by atoms with Crippen LogP contribution in [0.4, 0.5) is 0 Å². The molecule has 180 valence electrons. The van der Waals surface area contributed by atoms with Crippen LogP contribution in [0.15, 0.2) is 0 Å². The Kier molecular flexibility index (Phi) is 7.26. The number of hydrogen-bond donors (Lipinski definition) is 0. The monoisotopic (exact) mass is 428 g/mol. The van der Waals surface area contributed by atoms with E-state index in [2.05, 4.69) is 48.5 Å². The molecule has 4 fully saturated rings. The molecule has 4 saturated carbocycles. The first kappa shape index (κ1) is 24.1. The molecular formula is C31H56. The van der Waals surface area contributed by atoms with Gasteiger partial charge in [-0.1, -0.05) is 67.7 Å². The van der Waals surface area contributed by atoms with Crippen molar-refractivity contribution in [2.24, 2.45) is 64.1 Å². The van der Waals surface area contributed by atoms with Gasteiger partial charge in [0.15, 0.2) is 0 Å². The minimum Gasteiger partial charge on any atom is -0.0628 e. The summed E-state index contributed by atoms with van der Waals surface area (Å²) in [6.07, 6.45) is 19.9. The molecule has 0 N–H and O–H groups in total. The zero-order chi connectivity index (χ0) is 22.4. The van der Waals surface area contributed by atoms with E-state index in [9.17, 15) is 0 Å². The Morgan fingerprint density at radius 1 is 0.710 bits per heavy atom. The zero-order valence-corrected chi connectivity index (χ0v) is 22.4. The van der Waals surface area contributed by atoms with Gasteiger partial charge in [0.2, 0.25) is 0 Å². The SMILES string of the molecule is CC(C)CCCC(C)[C@H]1CCC2C3CCC4CC(CC(C)C)CC[C@]4(C)C3CC[C@@]21C. The largest absolute Gasteiger partial charge is 0.0628 e. The molecule has 0 amide bonds. The molecule has 0 heterocycles. The van der Waals surface area contributed by atoms with E-state index in [0.717, 1.165) is 53.3 Å². The Morgan fingerprint density at radius 3 is 2.13 bits per heavy atom. The van der Waals surface area contributed by atoms with Crippen molar-refractivity contribution in [2.75, 3.05) is 0 Å². The standard InChI is InChI=1S/C31H56/c1-21(2)9-8-10-23(5)27-13-14-28-26-12-11-25-20-24(19-22(3)4)15-17-30(25,6)29(26)16-18-31(27,28)7/h21-29H,8-20H2,1-7H3/t23?,24?,25?,26?,27-,28?,29?,30+,31-/m1/s1. The molecule has 4 aliphatic rings. The second kappa shape index (κ2) is 9.33. The molecule has 0 bridgehead atoms. The third-order valence-corrected chi connectivity index (χ3v) is 11.8. The van der Waals surface area contributed by atoms with Crippen LogP contribution in [0.1, 0.15) is 132 Å². The Morgan fingerprint density at radius 2 is 1.42 bits per heavy atom. The second-order valence-corrected chi connectivity index (χ2v) is 14.5. The molecule has 0 saturated heterocycles. The van der Waals surface area contributed by atoms with E-state index in [0.29, 0.717) is 10.8 Å². The fourth-order valence-electron chi connectivity index (χ4n) is 10.3. The molecule has 0 heteroatoms. The number of rotatable bonds is 7. The van der Waals surface area contributed by atoms with Crippen LogP contribution in [0.5, 0.6) is 0 Å². The van der Waals surface area contributed by atoms with Gasteiger partial charge in [0, 0.05) is 0 Å². The van der Waals surface area contributed by atoms with E-state index in [-0.39, 0.29) is 0 Å².